The van der Waals surface area contributed by atoms with E-state index in [-0.39, 0.29) is 5.69 Å². The van der Waals surface area contributed by atoms with Gasteiger partial charge in [-0.1, -0.05) is 6.07 Å². The van der Waals surface area contributed by atoms with Gasteiger partial charge in [0.1, 0.15) is 17.4 Å². The fourth-order valence-corrected chi connectivity index (χ4v) is 2.08. The molecule has 0 aliphatic rings. The van der Waals surface area contributed by atoms with Crippen LogP contribution in [0, 0.1) is 0 Å². The topological polar surface area (TPSA) is 93.8 Å². The number of nitrogens with zero attached hydrogens (tertiary/aromatic N) is 2. The Morgan fingerprint density at radius 3 is 2.89 bits per heavy atom. The number of imidazole rings is 1. The molecular formula is C13H11N3O3. The minimum absolute atomic E-state index is 0.00569. The number of carboxylic acid groups (broad SMARTS) is 1. The van der Waals surface area contributed by atoms with Crippen LogP contribution in [0.4, 0.5) is 5.82 Å². The van der Waals surface area contributed by atoms with Crippen molar-refractivity contribution in [1.29, 1.82) is 0 Å². The van der Waals surface area contributed by atoms with Gasteiger partial charge in [-0.05, 0) is 24.3 Å². The summed E-state index contributed by atoms with van der Waals surface area (Å²) in [6.45, 7) is 0. The molecule has 3 heterocycles. The largest absolute Gasteiger partial charge is 0.476 e. The molecule has 0 unspecified atom stereocenters. The average molecular weight is 257 g/mol. The number of nitrogen functional groups attached to an aromatic ring is 1. The summed E-state index contributed by atoms with van der Waals surface area (Å²) < 4.78 is 6.89. The molecule has 3 rings (SSSR count). The highest BCUT2D eigenvalue weighted by Gasteiger charge is 2.18. The number of carbonyl (C=O) groups is 1. The van der Waals surface area contributed by atoms with Crippen molar-refractivity contribution in [3.63, 3.8) is 0 Å². The smallest absolute Gasteiger partial charge is 0.356 e. The summed E-state index contributed by atoms with van der Waals surface area (Å²) >= 11 is 0. The lowest BCUT2D eigenvalue weighted by Crippen LogP contribution is -2.01. The van der Waals surface area contributed by atoms with E-state index in [4.69, 9.17) is 10.2 Å². The molecule has 0 saturated heterocycles. The second kappa shape index (κ2) is 4.16. The van der Waals surface area contributed by atoms with Crippen LogP contribution in [-0.2, 0) is 6.42 Å². The standard InChI is InChI=1S/C13H11N3O3/c14-10-5-1-4-9-12(13(17)18)15-11(16(9)10)7-8-3-2-6-19-8/h1-6H,7,14H2,(H,17,18). The Morgan fingerprint density at radius 2 is 2.21 bits per heavy atom. The van der Waals surface area contributed by atoms with Gasteiger partial charge in [0.15, 0.2) is 5.69 Å². The second-order valence-electron chi connectivity index (χ2n) is 4.11. The quantitative estimate of drug-likeness (QED) is 0.746. The summed E-state index contributed by atoms with van der Waals surface area (Å²) in [5, 5.41) is 9.17. The zero-order chi connectivity index (χ0) is 13.4. The average Bonchev–Trinajstić information content (AvgIpc) is 2.98. The molecule has 0 amide bonds. The third-order valence-corrected chi connectivity index (χ3v) is 2.88. The lowest BCUT2D eigenvalue weighted by Gasteiger charge is -2.03. The number of carboxylic acids is 1. The van der Waals surface area contributed by atoms with Crippen LogP contribution in [-0.4, -0.2) is 20.5 Å². The molecule has 6 heteroatoms. The van der Waals surface area contributed by atoms with E-state index in [1.807, 2.05) is 0 Å². The molecule has 19 heavy (non-hydrogen) atoms. The van der Waals surface area contributed by atoms with E-state index in [1.54, 1.807) is 41.0 Å². The number of hydrogen-bond donors (Lipinski definition) is 2. The number of hydrogen-bond acceptors (Lipinski definition) is 4. The molecular weight excluding hydrogens is 246 g/mol. The SMILES string of the molecule is Nc1cccc2c(C(=O)O)nc(Cc3ccco3)n12. The molecule has 3 aromatic rings. The van der Waals surface area contributed by atoms with Crippen molar-refractivity contribution in [2.75, 3.05) is 5.73 Å². The van der Waals surface area contributed by atoms with Crippen LogP contribution in [0.2, 0.25) is 0 Å². The Morgan fingerprint density at radius 1 is 1.37 bits per heavy atom. The summed E-state index contributed by atoms with van der Waals surface area (Å²) in [5.74, 6) is 0.611. The molecule has 0 aliphatic carbocycles. The van der Waals surface area contributed by atoms with Crippen LogP contribution in [0.3, 0.4) is 0 Å². The first kappa shape index (κ1) is 11.3. The van der Waals surface area contributed by atoms with E-state index in [9.17, 15) is 9.90 Å². The maximum absolute atomic E-state index is 11.2. The Kier molecular flexibility index (Phi) is 2.49. The Hall–Kier alpha value is -2.76. The molecule has 3 N–H and O–H groups in total. The van der Waals surface area contributed by atoms with Crippen molar-refractivity contribution in [3.05, 3.63) is 53.9 Å². The van der Waals surface area contributed by atoms with Crippen molar-refractivity contribution in [1.82, 2.24) is 9.38 Å². The summed E-state index contributed by atoms with van der Waals surface area (Å²) in [6, 6.07) is 8.66. The van der Waals surface area contributed by atoms with E-state index < -0.39 is 5.97 Å². The zero-order valence-electron chi connectivity index (χ0n) is 9.91. The molecule has 0 saturated carbocycles. The number of fused-ring (bicyclic) bond motifs is 1. The van der Waals surface area contributed by atoms with Gasteiger partial charge in [0, 0.05) is 0 Å². The molecule has 96 valence electrons. The molecule has 0 atom stereocenters. The molecule has 3 aromatic heterocycles. The van der Waals surface area contributed by atoms with Gasteiger partial charge in [-0.15, -0.1) is 0 Å². The first-order valence-corrected chi connectivity index (χ1v) is 5.68. The monoisotopic (exact) mass is 257 g/mol. The lowest BCUT2D eigenvalue weighted by atomic mass is 10.3. The van der Waals surface area contributed by atoms with Gasteiger partial charge in [-0.25, -0.2) is 9.78 Å². The molecule has 0 fully saturated rings. The van der Waals surface area contributed by atoms with Crippen LogP contribution < -0.4 is 5.73 Å². The Bertz CT molecular complexity index is 744. The maximum atomic E-state index is 11.2. The van der Waals surface area contributed by atoms with E-state index in [0.29, 0.717) is 29.3 Å². The number of aromatic nitrogens is 2. The van der Waals surface area contributed by atoms with Gasteiger partial charge in [-0.2, -0.15) is 0 Å². The predicted octanol–water partition coefficient (Wildman–Crippen LogP) is 1.80. The molecule has 0 spiro atoms. The van der Waals surface area contributed by atoms with E-state index in [2.05, 4.69) is 4.98 Å². The van der Waals surface area contributed by atoms with Crippen molar-refractivity contribution in [2.24, 2.45) is 0 Å². The number of nitrogens with two attached hydrogens (primary N) is 1. The van der Waals surface area contributed by atoms with Gasteiger partial charge in [0.05, 0.1) is 18.2 Å². The normalized spacial score (nSPS) is 10.9. The number of pyridine rings is 1. The van der Waals surface area contributed by atoms with Crippen molar-refractivity contribution >= 4 is 17.3 Å². The predicted molar refractivity (Wildman–Crippen MR) is 68.1 cm³/mol. The van der Waals surface area contributed by atoms with Crippen LogP contribution in [0.1, 0.15) is 22.1 Å². The fraction of sp³-hybridized carbons (Fsp3) is 0.0769. The summed E-state index contributed by atoms with van der Waals surface area (Å²) in [4.78, 5) is 15.3. The first-order valence-electron chi connectivity index (χ1n) is 5.68. The molecule has 0 radical (unpaired) electrons. The number of rotatable bonds is 3. The van der Waals surface area contributed by atoms with Crippen LogP contribution >= 0.6 is 0 Å². The maximum Gasteiger partial charge on any atom is 0.356 e. The highest BCUT2D eigenvalue weighted by molar-refractivity contribution is 5.94. The van der Waals surface area contributed by atoms with Gasteiger partial charge >= 0.3 is 5.97 Å². The minimum atomic E-state index is -1.08. The minimum Gasteiger partial charge on any atom is -0.476 e. The fourth-order valence-electron chi connectivity index (χ4n) is 2.08. The molecule has 0 aliphatic heterocycles. The van der Waals surface area contributed by atoms with Crippen molar-refractivity contribution in [3.8, 4) is 0 Å². The van der Waals surface area contributed by atoms with Gasteiger partial charge in [0.2, 0.25) is 0 Å². The Balaban J connectivity index is 2.21. The van der Waals surface area contributed by atoms with E-state index in [1.165, 1.54) is 0 Å². The van der Waals surface area contributed by atoms with Gasteiger partial charge in [-0.3, -0.25) is 4.40 Å². The molecule has 0 aromatic carbocycles. The first-order chi connectivity index (χ1) is 9.16. The summed E-state index contributed by atoms with van der Waals surface area (Å²) in [5.41, 5.74) is 6.37. The number of aromatic carboxylic acids is 1. The highest BCUT2D eigenvalue weighted by Crippen LogP contribution is 2.20. The van der Waals surface area contributed by atoms with E-state index in [0.717, 1.165) is 0 Å². The molecule has 6 nitrogen and oxygen atoms in total. The summed E-state index contributed by atoms with van der Waals surface area (Å²) in [7, 11) is 0. The second-order valence-corrected chi connectivity index (χ2v) is 4.11. The third kappa shape index (κ3) is 1.83. The lowest BCUT2D eigenvalue weighted by molar-refractivity contribution is 0.0693. The highest BCUT2D eigenvalue weighted by atomic mass is 16.4. The molecule has 0 bridgehead atoms. The van der Waals surface area contributed by atoms with Gasteiger partial charge < -0.3 is 15.3 Å². The van der Waals surface area contributed by atoms with Crippen LogP contribution in [0.15, 0.2) is 41.0 Å². The zero-order valence-corrected chi connectivity index (χ0v) is 9.91. The van der Waals surface area contributed by atoms with Crippen molar-refractivity contribution < 1.29 is 14.3 Å². The Labute approximate surface area is 108 Å². The number of furan rings is 1. The third-order valence-electron chi connectivity index (χ3n) is 2.88. The summed E-state index contributed by atoms with van der Waals surface area (Å²) in [6.07, 6.45) is 1.95. The van der Waals surface area contributed by atoms with Gasteiger partial charge in [0.25, 0.3) is 0 Å². The van der Waals surface area contributed by atoms with Crippen LogP contribution in [0.5, 0.6) is 0 Å². The number of anilines is 1. The van der Waals surface area contributed by atoms with E-state index >= 15 is 0 Å². The van der Waals surface area contributed by atoms with Crippen molar-refractivity contribution in [2.45, 2.75) is 6.42 Å². The van der Waals surface area contributed by atoms with Crippen LogP contribution in [0.25, 0.3) is 5.52 Å².